The molecule has 1 amide bonds. The van der Waals surface area contributed by atoms with Crippen molar-refractivity contribution in [2.24, 2.45) is 5.92 Å². The van der Waals surface area contributed by atoms with Crippen molar-refractivity contribution < 1.29 is 28.7 Å². The van der Waals surface area contributed by atoms with E-state index in [4.69, 9.17) is 9.47 Å². The van der Waals surface area contributed by atoms with Crippen molar-refractivity contribution in [1.82, 2.24) is 4.57 Å². The molecule has 0 bridgehead atoms. The highest BCUT2D eigenvalue weighted by Gasteiger charge is 2.22. The Morgan fingerprint density at radius 1 is 0.970 bits per heavy atom. The fourth-order valence-electron chi connectivity index (χ4n) is 3.32. The molecule has 1 heterocycles. The first-order valence-corrected chi connectivity index (χ1v) is 10.5. The van der Waals surface area contributed by atoms with E-state index in [2.05, 4.69) is 5.32 Å². The maximum Gasteiger partial charge on any atom is 0.340 e. The number of ketones is 1. The summed E-state index contributed by atoms with van der Waals surface area (Å²) in [6, 6.07) is 13.5. The highest BCUT2D eigenvalue weighted by atomic mass is 16.5. The van der Waals surface area contributed by atoms with Crippen LogP contribution in [-0.2, 0) is 25.6 Å². The van der Waals surface area contributed by atoms with Gasteiger partial charge in [0.1, 0.15) is 6.54 Å². The smallest absolute Gasteiger partial charge is 0.340 e. The van der Waals surface area contributed by atoms with Gasteiger partial charge in [0, 0.05) is 34.3 Å². The van der Waals surface area contributed by atoms with Crippen LogP contribution in [0.5, 0.6) is 0 Å². The van der Waals surface area contributed by atoms with E-state index in [9.17, 15) is 19.2 Å². The van der Waals surface area contributed by atoms with Crippen molar-refractivity contribution in [2.75, 3.05) is 12.4 Å². The molecule has 1 unspecified atom stereocenters. The van der Waals surface area contributed by atoms with Crippen molar-refractivity contribution in [3.05, 3.63) is 65.9 Å². The minimum atomic E-state index is -1.00. The first kappa shape index (κ1) is 23.7. The lowest BCUT2D eigenvalue weighted by Crippen LogP contribution is -2.26. The third-order valence-corrected chi connectivity index (χ3v) is 5.13. The van der Waals surface area contributed by atoms with E-state index in [1.807, 2.05) is 0 Å². The number of ether oxygens (including phenoxy) is 2. The van der Waals surface area contributed by atoms with Crippen molar-refractivity contribution >= 4 is 40.2 Å². The Labute approximate surface area is 191 Å². The summed E-state index contributed by atoms with van der Waals surface area (Å²) in [5.74, 6) is -1.77. The van der Waals surface area contributed by atoms with E-state index < -0.39 is 18.0 Å². The fraction of sp³-hybridized carbons (Fsp3) is 0.280. The molecule has 0 spiro atoms. The van der Waals surface area contributed by atoms with Crippen molar-refractivity contribution in [1.29, 1.82) is 0 Å². The van der Waals surface area contributed by atoms with Gasteiger partial charge in [0.2, 0.25) is 11.7 Å². The van der Waals surface area contributed by atoms with Crippen LogP contribution in [-0.4, -0.2) is 41.4 Å². The standard InChI is InChI=1S/C25H26N2O6/c1-15(2)24(30)26-18-11-9-17(10-12-18)23(29)16(3)33-22(28)14-27-13-20(25(31)32-4)19-7-5-6-8-21(19)27/h5-13,15-16H,14H2,1-4H3,(H,26,30). The summed E-state index contributed by atoms with van der Waals surface area (Å²) in [7, 11) is 1.29. The van der Waals surface area contributed by atoms with Gasteiger partial charge in [-0.15, -0.1) is 0 Å². The van der Waals surface area contributed by atoms with Crippen molar-refractivity contribution in [3.8, 4) is 0 Å². The van der Waals surface area contributed by atoms with E-state index in [0.29, 0.717) is 27.7 Å². The number of anilines is 1. The van der Waals surface area contributed by atoms with Crippen molar-refractivity contribution in [2.45, 2.75) is 33.4 Å². The number of carbonyl (C=O) groups excluding carboxylic acids is 4. The molecule has 2 aromatic carbocycles. The van der Waals surface area contributed by atoms with E-state index >= 15 is 0 Å². The molecular weight excluding hydrogens is 424 g/mol. The Kier molecular flexibility index (Phi) is 7.27. The number of hydrogen-bond donors (Lipinski definition) is 1. The Balaban J connectivity index is 1.67. The van der Waals surface area contributed by atoms with Crippen LogP contribution in [0.2, 0.25) is 0 Å². The number of nitrogens with zero attached hydrogens (tertiary/aromatic N) is 1. The number of methoxy groups -OCH3 is 1. The topological polar surface area (TPSA) is 104 Å². The molecule has 1 aromatic heterocycles. The Morgan fingerprint density at radius 3 is 2.27 bits per heavy atom. The molecule has 172 valence electrons. The molecule has 8 heteroatoms. The average Bonchev–Trinajstić information content (AvgIpc) is 3.16. The summed E-state index contributed by atoms with van der Waals surface area (Å²) < 4.78 is 11.7. The van der Waals surface area contributed by atoms with Gasteiger partial charge in [0.05, 0.1) is 12.7 Å². The lowest BCUT2D eigenvalue weighted by atomic mass is 10.1. The zero-order valence-corrected chi connectivity index (χ0v) is 19.0. The van der Waals surface area contributed by atoms with Gasteiger partial charge in [0.25, 0.3) is 0 Å². The van der Waals surface area contributed by atoms with Crippen LogP contribution < -0.4 is 5.32 Å². The molecule has 0 aliphatic carbocycles. The second kappa shape index (κ2) is 10.1. The first-order chi connectivity index (χ1) is 15.7. The molecule has 0 saturated heterocycles. The monoisotopic (exact) mass is 450 g/mol. The Bertz CT molecular complexity index is 1190. The number of carbonyl (C=O) groups is 4. The molecule has 0 aliphatic rings. The lowest BCUT2D eigenvalue weighted by molar-refractivity contribution is -0.146. The summed E-state index contributed by atoms with van der Waals surface area (Å²) in [5.41, 5.74) is 1.95. The predicted octanol–water partition coefficient (Wildman–Crippen LogP) is 3.84. The predicted molar refractivity (Wildman–Crippen MR) is 123 cm³/mol. The molecule has 0 radical (unpaired) electrons. The average molecular weight is 450 g/mol. The summed E-state index contributed by atoms with van der Waals surface area (Å²) >= 11 is 0. The van der Waals surface area contributed by atoms with Crippen LogP contribution in [0.15, 0.2) is 54.7 Å². The maximum atomic E-state index is 12.7. The largest absolute Gasteiger partial charge is 0.465 e. The zero-order valence-electron chi connectivity index (χ0n) is 19.0. The lowest BCUT2D eigenvalue weighted by Gasteiger charge is -2.14. The van der Waals surface area contributed by atoms with Gasteiger partial charge in [-0.1, -0.05) is 32.0 Å². The van der Waals surface area contributed by atoms with E-state index in [0.717, 1.165) is 0 Å². The number of amides is 1. The fourth-order valence-corrected chi connectivity index (χ4v) is 3.32. The highest BCUT2D eigenvalue weighted by Crippen LogP contribution is 2.22. The molecule has 3 rings (SSSR count). The van der Waals surface area contributed by atoms with Gasteiger partial charge in [-0.3, -0.25) is 14.4 Å². The number of benzene rings is 2. The zero-order chi connectivity index (χ0) is 24.1. The molecule has 0 fully saturated rings. The molecule has 0 aliphatic heterocycles. The van der Waals surface area contributed by atoms with Gasteiger partial charge in [-0.25, -0.2) is 4.79 Å². The molecule has 1 N–H and O–H groups in total. The number of hydrogen-bond acceptors (Lipinski definition) is 6. The molecule has 1 atom stereocenters. The number of aromatic nitrogens is 1. The van der Waals surface area contributed by atoms with Crippen LogP contribution in [0.4, 0.5) is 5.69 Å². The summed E-state index contributed by atoms with van der Waals surface area (Å²) in [5, 5.41) is 3.41. The second-order valence-electron chi connectivity index (χ2n) is 7.90. The van der Waals surface area contributed by atoms with Crippen LogP contribution in [0.3, 0.4) is 0 Å². The molecule has 33 heavy (non-hydrogen) atoms. The number of Topliss-reactive ketones (excluding diaryl/α,β-unsaturated/α-hetero) is 1. The van der Waals surface area contributed by atoms with E-state index in [1.54, 1.807) is 66.9 Å². The van der Waals surface area contributed by atoms with E-state index in [1.165, 1.54) is 20.2 Å². The van der Waals surface area contributed by atoms with Crippen LogP contribution in [0.25, 0.3) is 10.9 Å². The van der Waals surface area contributed by atoms with Crippen molar-refractivity contribution in [3.63, 3.8) is 0 Å². The van der Waals surface area contributed by atoms with Gasteiger partial charge < -0.3 is 19.4 Å². The minimum Gasteiger partial charge on any atom is -0.465 e. The molecule has 3 aromatic rings. The number of rotatable bonds is 8. The SMILES string of the molecule is COC(=O)c1cn(CC(=O)OC(C)C(=O)c2ccc(NC(=O)C(C)C)cc2)c2ccccc12. The minimum absolute atomic E-state index is 0.121. The van der Waals surface area contributed by atoms with Gasteiger partial charge in [0.15, 0.2) is 6.10 Å². The van der Waals surface area contributed by atoms with Crippen LogP contribution >= 0.6 is 0 Å². The molecule has 0 saturated carbocycles. The second-order valence-corrected chi connectivity index (χ2v) is 7.90. The third-order valence-electron chi connectivity index (χ3n) is 5.13. The number of nitrogens with one attached hydrogen (secondary N) is 1. The van der Waals surface area contributed by atoms with Crippen LogP contribution in [0, 0.1) is 5.92 Å². The van der Waals surface area contributed by atoms with Gasteiger partial charge in [-0.05, 0) is 37.3 Å². The molecule has 8 nitrogen and oxygen atoms in total. The van der Waals surface area contributed by atoms with Gasteiger partial charge in [-0.2, -0.15) is 0 Å². The third kappa shape index (κ3) is 5.46. The summed E-state index contributed by atoms with van der Waals surface area (Å²) in [4.78, 5) is 49.0. The molecular formula is C25H26N2O6. The number of esters is 2. The normalized spacial score (nSPS) is 11.8. The van der Waals surface area contributed by atoms with Crippen LogP contribution in [0.1, 0.15) is 41.5 Å². The summed E-state index contributed by atoms with van der Waals surface area (Å²) in [6.07, 6.45) is 0.532. The number of fused-ring (bicyclic) bond motifs is 1. The van der Waals surface area contributed by atoms with E-state index in [-0.39, 0.29) is 24.2 Å². The maximum absolute atomic E-state index is 12.7. The Hall–Kier alpha value is -3.94. The quantitative estimate of drug-likeness (QED) is 0.413. The summed E-state index contributed by atoms with van der Waals surface area (Å²) in [6.45, 7) is 4.91. The Morgan fingerprint density at radius 2 is 1.64 bits per heavy atom. The first-order valence-electron chi connectivity index (χ1n) is 10.5. The highest BCUT2D eigenvalue weighted by molar-refractivity contribution is 6.04. The van der Waals surface area contributed by atoms with Gasteiger partial charge >= 0.3 is 11.9 Å². The number of para-hydroxylation sites is 1.